The van der Waals surface area contributed by atoms with Crippen molar-refractivity contribution in [1.29, 1.82) is 0 Å². The normalized spacial score (nSPS) is 25.7. The summed E-state index contributed by atoms with van der Waals surface area (Å²) in [4.78, 5) is 28.7. The molecule has 0 unspecified atom stereocenters. The highest BCUT2D eigenvalue weighted by Gasteiger charge is 2.37. The number of hydrogen-bond acceptors (Lipinski definition) is 2. The topological polar surface area (TPSA) is 40.6 Å². The van der Waals surface area contributed by atoms with Gasteiger partial charge in [-0.05, 0) is 29.9 Å². The number of benzene rings is 1. The molecule has 0 aromatic heterocycles. The van der Waals surface area contributed by atoms with Crippen molar-refractivity contribution in [2.24, 2.45) is 5.92 Å². The molecule has 0 N–H and O–H groups in total. The third kappa shape index (κ3) is 2.55. The van der Waals surface area contributed by atoms with E-state index in [1.807, 2.05) is 29.2 Å². The zero-order chi connectivity index (χ0) is 15.0. The lowest BCUT2D eigenvalue weighted by atomic mass is 9.90. The first-order valence-electron chi connectivity index (χ1n) is 7.70. The van der Waals surface area contributed by atoms with Gasteiger partial charge in [0.2, 0.25) is 11.8 Å². The van der Waals surface area contributed by atoms with Crippen LogP contribution < -0.4 is 0 Å². The summed E-state index contributed by atoms with van der Waals surface area (Å²) in [6, 6.07) is 7.37. The molecule has 1 aromatic carbocycles. The molecule has 3 rings (SSSR count). The largest absolute Gasteiger partial charge is 0.340 e. The highest BCUT2D eigenvalue weighted by atomic mass is 16.2. The Morgan fingerprint density at radius 2 is 2.05 bits per heavy atom. The molecule has 0 saturated carbocycles. The molecule has 2 aliphatic rings. The van der Waals surface area contributed by atoms with E-state index in [1.165, 1.54) is 6.42 Å². The number of likely N-dealkylation sites (tertiary alicyclic amines) is 1. The molecule has 0 bridgehead atoms. The molecule has 2 atom stereocenters. The Morgan fingerprint density at radius 1 is 1.29 bits per heavy atom. The van der Waals surface area contributed by atoms with Gasteiger partial charge in [-0.15, -0.1) is 0 Å². The maximum absolute atomic E-state index is 12.9. The molecule has 1 aromatic rings. The van der Waals surface area contributed by atoms with Crippen molar-refractivity contribution in [3.8, 4) is 0 Å². The summed E-state index contributed by atoms with van der Waals surface area (Å²) >= 11 is 0. The predicted molar refractivity (Wildman–Crippen MR) is 80.6 cm³/mol. The zero-order valence-electron chi connectivity index (χ0n) is 12.7. The summed E-state index contributed by atoms with van der Waals surface area (Å²) in [5, 5.41) is 0. The number of nitrogens with zero attached hydrogens (tertiary/aromatic N) is 2. The number of carbonyl (C=O) groups is 2. The quantitative estimate of drug-likeness (QED) is 0.792. The van der Waals surface area contributed by atoms with Crippen molar-refractivity contribution in [2.75, 3.05) is 20.1 Å². The third-order valence-electron chi connectivity index (χ3n) is 4.67. The Bertz CT molecular complexity index is 570. The molecule has 0 aliphatic carbocycles. The molecule has 2 amide bonds. The van der Waals surface area contributed by atoms with Crippen LogP contribution in [0.5, 0.6) is 0 Å². The van der Waals surface area contributed by atoms with Crippen molar-refractivity contribution < 1.29 is 9.59 Å². The lowest BCUT2D eigenvalue weighted by Crippen LogP contribution is -2.49. The molecular formula is C17H22N2O2. The molecule has 4 heteroatoms. The summed E-state index contributed by atoms with van der Waals surface area (Å²) in [7, 11) is 1.74. The minimum atomic E-state index is -0.451. The van der Waals surface area contributed by atoms with Crippen molar-refractivity contribution in [3.63, 3.8) is 0 Å². The van der Waals surface area contributed by atoms with Gasteiger partial charge < -0.3 is 9.80 Å². The zero-order valence-corrected chi connectivity index (χ0v) is 12.7. The SMILES string of the molecule is C[C@@H]1CCCN(C(=O)[C@@H]2c3ccccc3CC(=O)N2C)C1. The first kappa shape index (κ1) is 14.1. The van der Waals surface area contributed by atoms with E-state index >= 15 is 0 Å². The number of fused-ring (bicyclic) bond motifs is 1. The van der Waals surface area contributed by atoms with Gasteiger partial charge in [0.1, 0.15) is 6.04 Å². The van der Waals surface area contributed by atoms with E-state index in [1.54, 1.807) is 11.9 Å². The van der Waals surface area contributed by atoms with Gasteiger partial charge in [-0.2, -0.15) is 0 Å². The number of amides is 2. The highest BCUT2D eigenvalue weighted by molar-refractivity contribution is 5.92. The third-order valence-corrected chi connectivity index (χ3v) is 4.67. The number of likely N-dealkylation sites (N-methyl/N-ethyl adjacent to an activating group) is 1. The van der Waals surface area contributed by atoms with Crippen LogP contribution in [0.2, 0.25) is 0 Å². The van der Waals surface area contributed by atoms with E-state index in [4.69, 9.17) is 0 Å². The van der Waals surface area contributed by atoms with Crippen LogP contribution in [-0.4, -0.2) is 41.8 Å². The molecule has 1 saturated heterocycles. The second-order valence-corrected chi connectivity index (χ2v) is 6.31. The van der Waals surface area contributed by atoms with Crippen LogP contribution in [0.1, 0.15) is 36.9 Å². The van der Waals surface area contributed by atoms with Crippen LogP contribution in [0, 0.1) is 5.92 Å². The fraction of sp³-hybridized carbons (Fsp3) is 0.529. The predicted octanol–water partition coefficient (Wildman–Crippen LogP) is 2.00. The number of carbonyl (C=O) groups excluding carboxylic acids is 2. The molecule has 0 spiro atoms. The Morgan fingerprint density at radius 3 is 2.81 bits per heavy atom. The number of rotatable bonds is 1. The van der Waals surface area contributed by atoms with Gasteiger partial charge in [-0.1, -0.05) is 31.2 Å². The van der Waals surface area contributed by atoms with Crippen molar-refractivity contribution in [3.05, 3.63) is 35.4 Å². The Balaban J connectivity index is 1.92. The summed E-state index contributed by atoms with van der Waals surface area (Å²) in [6.45, 7) is 3.80. The fourth-order valence-electron chi connectivity index (χ4n) is 3.46. The van der Waals surface area contributed by atoms with Gasteiger partial charge in [0.15, 0.2) is 0 Å². The maximum Gasteiger partial charge on any atom is 0.250 e. The molecule has 1 fully saturated rings. The summed E-state index contributed by atoms with van der Waals surface area (Å²) in [6.07, 6.45) is 2.63. The second-order valence-electron chi connectivity index (χ2n) is 6.31. The molecule has 2 heterocycles. The maximum atomic E-state index is 12.9. The molecule has 21 heavy (non-hydrogen) atoms. The first-order valence-corrected chi connectivity index (χ1v) is 7.70. The van der Waals surface area contributed by atoms with Crippen LogP contribution in [0.25, 0.3) is 0 Å². The van der Waals surface area contributed by atoms with E-state index in [9.17, 15) is 9.59 Å². The first-order chi connectivity index (χ1) is 10.1. The van der Waals surface area contributed by atoms with Crippen molar-refractivity contribution in [2.45, 2.75) is 32.2 Å². The van der Waals surface area contributed by atoms with Crippen LogP contribution in [0.4, 0.5) is 0 Å². The van der Waals surface area contributed by atoms with Gasteiger partial charge in [0.25, 0.3) is 0 Å². The molecule has 0 radical (unpaired) electrons. The van der Waals surface area contributed by atoms with Crippen LogP contribution in [0.15, 0.2) is 24.3 Å². The summed E-state index contributed by atoms with van der Waals surface area (Å²) < 4.78 is 0. The molecule has 4 nitrogen and oxygen atoms in total. The van der Waals surface area contributed by atoms with Crippen LogP contribution in [0.3, 0.4) is 0 Å². The van der Waals surface area contributed by atoms with Crippen molar-refractivity contribution >= 4 is 11.8 Å². The second kappa shape index (κ2) is 5.51. The van der Waals surface area contributed by atoms with E-state index in [2.05, 4.69) is 6.92 Å². The fourth-order valence-corrected chi connectivity index (χ4v) is 3.46. The number of piperidine rings is 1. The van der Waals surface area contributed by atoms with Gasteiger partial charge in [0, 0.05) is 20.1 Å². The molecule has 2 aliphatic heterocycles. The Kier molecular flexibility index (Phi) is 3.70. The lowest BCUT2D eigenvalue weighted by Gasteiger charge is -2.39. The average Bonchev–Trinajstić information content (AvgIpc) is 2.48. The Labute approximate surface area is 125 Å². The monoisotopic (exact) mass is 286 g/mol. The van der Waals surface area contributed by atoms with E-state index in [0.29, 0.717) is 12.3 Å². The average molecular weight is 286 g/mol. The van der Waals surface area contributed by atoms with E-state index < -0.39 is 6.04 Å². The Hall–Kier alpha value is -1.84. The minimum Gasteiger partial charge on any atom is -0.340 e. The summed E-state index contributed by atoms with van der Waals surface area (Å²) in [5.74, 6) is 0.643. The van der Waals surface area contributed by atoms with Gasteiger partial charge in [-0.3, -0.25) is 9.59 Å². The van der Waals surface area contributed by atoms with Crippen LogP contribution >= 0.6 is 0 Å². The lowest BCUT2D eigenvalue weighted by molar-refractivity contribution is -0.146. The smallest absolute Gasteiger partial charge is 0.250 e. The van der Waals surface area contributed by atoms with Crippen LogP contribution in [-0.2, 0) is 16.0 Å². The van der Waals surface area contributed by atoms with Crippen molar-refractivity contribution in [1.82, 2.24) is 9.80 Å². The van der Waals surface area contributed by atoms with Gasteiger partial charge in [-0.25, -0.2) is 0 Å². The van der Waals surface area contributed by atoms with Gasteiger partial charge >= 0.3 is 0 Å². The van der Waals surface area contributed by atoms with Gasteiger partial charge in [0.05, 0.1) is 6.42 Å². The standard InChI is InChI=1S/C17H22N2O2/c1-12-6-5-9-19(11-12)17(21)16-14-8-4-3-7-13(14)10-15(20)18(16)2/h3-4,7-8,12,16H,5-6,9-11H2,1-2H3/t12-,16+/m1/s1. The minimum absolute atomic E-state index is 0.0251. The van der Waals surface area contributed by atoms with E-state index in [0.717, 1.165) is 30.6 Å². The van der Waals surface area contributed by atoms with E-state index in [-0.39, 0.29) is 11.8 Å². The number of hydrogen-bond donors (Lipinski definition) is 0. The summed E-state index contributed by atoms with van der Waals surface area (Å²) in [5.41, 5.74) is 1.98. The molecular weight excluding hydrogens is 264 g/mol. The molecule has 112 valence electrons. The highest BCUT2D eigenvalue weighted by Crippen LogP contribution is 2.32.